The maximum atomic E-state index is 12.5. The lowest BCUT2D eigenvalue weighted by Crippen LogP contribution is -2.63. The molecule has 28 heavy (non-hydrogen) atoms. The summed E-state index contributed by atoms with van der Waals surface area (Å²) in [7, 11) is 5.99. The van der Waals surface area contributed by atoms with Crippen molar-refractivity contribution in [2.24, 2.45) is 10.8 Å². The first-order chi connectivity index (χ1) is 13.0. The number of nitrogens with one attached hydrogen (secondary N) is 1. The fourth-order valence-electron chi connectivity index (χ4n) is 4.14. The molecule has 154 valence electrons. The standard InChI is InChI=1S/C20H32N6O2/c1-19(2,3)17(28)22-9-16(27)26-12-20(13-26)11-25(6)10-14(20)15-7-8-21-18(23-15)24(4)5/h7-8,14H,9-13H2,1-6H3,(H,22,28). The van der Waals surface area contributed by atoms with E-state index in [2.05, 4.69) is 22.2 Å². The number of nitrogens with zero attached hydrogens (tertiary/aromatic N) is 5. The largest absolute Gasteiger partial charge is 0.347 e. The average Bonchev–Trinajstić information content (AvgIpc) is 2.95. The van der Waals surface area contributed by atoms with Crippen molar-refractivity contribution >= 4 is 17.8 Å². The summed E-state index contributed by atoms with van der Waals surface area (Å²) in [6.45, 7) is 8.85. The van der Waals surface area contributed by atoms with Crippen molar-refractivity contribution in [1.29, 1.82) is 0 Å². The molecule has 0 bridgehead atoms. The van der Waals surface area contributed by atoms with Crippen LogP contribution >= 0.6 is 0 Å². The van der Waals surface area contributed by atoms with Crippen LogP contribution in [-0.4, -0.2) is 85.4 Å². The van der Waals surface area contributed by atoms with Gasteiger partial charge in [-0.1, -0.05) is 20.8 Å². The molecule has 3 heterocycles. The molecule has 0 radical (unpaired) electrons. The molecule has 2 aliphatic heterocycles. The monoisotopic (exact) mass is 388 g/mol. The van der Waals surface area contributed by atoms with E-state index in [9.17, 15) is 9.59 Å². The van der Waals surface area contributed by atoms with E-state index in [-0.39, 0.29) is 29.7 Å². The Morgan fingerprint density at radius 1 is 1.29 bits per heavy atom. The molecular formula is C20H32N6O2. The van der Waals surface area contributed by atoms with Gasteiger partial charge in [-0.25, -0.2) is 9.97 Å². The second-order valence-electron chi connectivity index (χ2n) is 9.47. The Morgan fingerprint density at radius 3 is 2.57 bits per heavy atom. The predicted molar refractivity (Wildman–Crippen MR) is 108 cm³/mol. The van der Waals surface area contributed by atoms with Crippen LogP contribution in [0.1, 0.15) is 32.4 Å². The van der Waals surface area contributed by atoms with Gasteiger partial charge in [0, 0.05) is 63.2 Å². The zero-order valence-corrected chi connectivity index (χ0v) is 17.8. The lowest BCUT2D eigenvalue weighted by atomic mass is 9.70. The van der Waals surface area contributed by atoms with Gasteiger partial charge in [-0.2, -0.15) is 0 Å². The van der Waals surface area contributed by atoms with Crippen LogP contribution in [0.2, 0.25) is 0 Å². The molecular weight excluding hydrogens is 356 g/mol. The van der Waals surface area contributed by atoms with E-state index in [1.165, 1.54) is 0 Å². The number of anilines is 1. The van der Waals surface area contributed by atoms with Crippen molar-refractivity contribution in [3.63, 3.8) is 0 Å². The van der Waals surface area contributed by atoms with E-state index in [0.29, 0.717) is 19.0 Å². The molecule has 1 aromatic rings. The van der Waals surface area contributed by atoms with Crippen molar-refractivity contribution in [1.82, 2.24) is 25.1 Å². The fraction of sp³-hybridized carbons (Fsp3) is 0.700. The highest BCUT2D eigenvalue weighted by Crippen LogP contribution is 2.48. The van der Waals surface area contributed by atoms with Crippen LogP contribution in [0.15, 0.2) is 12.3 Å². The molecule has 0 aromatic carbocycles. The Morgan fingerprint density at radius 2 is 1.96 bits per heavy atom. The van der Waals surface area contributed by atoms with Crippen LogP contribution in [0.25, 0.3) is 0 Å². The van der Waals surface area contributed by atoms with Crippen LogP contribution in [0.4, 0.5) is 5.95 Å². The van der Waals surface area contributed by atoms with Gasteiger partial charge < -0.3 is 20.0 Å². The summed E-state index contributed by atoms with van der Waals surface area (Å²) in [6, 6.07) is 1.99. The number of rotatable bonds is 4. The molecule has 1 aromatic heterocycles. The number of hydrogen-bond acceptors (Lipinski definition) is 6. The van der Waals surface area contributed by atoms with Gasteiger partial charge in [0.15, 0.2) is 0 Å². The number of likely N-dealkylation sites (tertiary alicyclic amines) is 2. The highest BCUT2D eigenvalue weighted by atomic mass is 16.2. The van der Waals surface area contributed by atoms with Crippen molar-refractivity contribution < 1.29 is 9.59 Å². The molecule has 1 atom stereocenters. The van der Waals surface area contributed by atoms with Gasteiger partial charge in [0.1, 0.15) is 0 Å². The number of carbonyl (C=O) groups is 2. The van der Waals surface area contributed by atoms with Crippen LogP contribution in [0.5, 0.6) is 0 Å². The van der Waals surface area contributed by atoms with Crippen molar-refractivity contribution in [2.75, 3.05) is 58.8 Å². The number of likely N-dealkylation sites (N-methyl/N-ethyl adjacent to an activating group) is 1. The third kappa shape index (κ3) is 3.97. The third-order valence-electron chi connectivity index (χ3n) is 5.69. The Bertz CT molecular complexity index is 751. The highest BCUT2D eigenvalue weighted by molar-refractivity contribution is 5.87. The number of amides is 2. The first-order valence-corrected chi connectivity index (χ1v) is 9.77. The molecule has 2 fully saturated rings. The molecule has 1 spiro atoms. The molecule has 8 heteroatoms. The van der Waals surface area contributed by atoms with Crippen molar-refractivity contribution in [3.8, 4) is 0 Å². The predicted octanol–water partition coefficient (Wildman–Crippen LogP) is 0.563. The zero-order chi connectivity index (χ0) is 20.7. The van der Waals surface area contributed by atoms with Crippen LogP contribution in [0, 0.1) is 10.8 Å². The van der Waals surface area contributed by atoms with Gasteiger partial charge in [-0.3, -0.25) is 9.59 Å². The third-order valence-corrected chi connectivity index (χ3v) is 5.69. The SMILES string of the molecule is CN1CC(c2ccnc(N(C)C)n2)C2(C1)CN(C(=O)CNC(=O)C(C)(C)C)C2. The quantitative estimate of drug-likeness (QED) is 0.812. The van der Waals surface area contributed by atoms with Gasteiger partial charge in [0.05, 0.1) is 12.2 Å². The summed E-state index contributed by atoms with van der Waals surface area (Å²) in [5, 5.41) is 2.76. The maximum absolute atomic E-state index is 12.5. The van der Waals surface area contributed by atoms with Crippen LogP contribution in [-0.2, 0) is 9.59 Å². The Labute approximate surface area is 167 Å². The molecule has 1 unspecified atom stereocenters. The summed E-state index contributed by atoms with van der Waals surface area (Å²) in [5.74, 6) is 0.853. The summed E-state index contributed by atoms with van der Waals surface area (Å²) in [6.07, 6.45) is 1.81. The van der Waals surface area contributed by atoms with Crippen LogP contribution < -0.4 is 10.2 Å². The van der Waals surface area contributed by atoms with E-state index >= 15 is 0 Å². The minimum absolute atomic E-state index is 0.0202. The van der Waals surface area contributed by atoms with Crippen molar-refractivity contribution in [2.45, 2.75) is 26.7 Å². The normalized spacial score (nSPS) is 21.5. The molecule has 2 saturated heterocycles. The first kappa shape index (κ1) is 20.5. The van der Waals surface area contributed by atoms with E-state index in [0.717, 1.165) is 18.8 Å². The maximum Gasteiger partial charge on any atom is 0.242 e. The Hall–Kier alpha value is -2.22. The number of aromatic nitrogens is 2. The second kappa shape index (κ2) is 7.31. The van der Waals surface area contributed by atoms with Crippen molar-refractivity contribution in [3.05, 3.63) is 18.0 Å². The summed E-state index contributed by atoms with van der Waals surface area (Å²) >= 11 is 0. The smallest absolute Gasteiger partial charge is 0.242 e. The Kier molecular flexibility index (Phi) is 5.36. The van der Waals surface area contributed by atoms with Gasteiger partial charge in [-0.15, -0.1) is 0 Å². The van der Waals surface area contributed by atoms with Gasteiger partial charge >= 0.3 is 0 Å². The number of carbonyl (C=O) groups excluding carboxylic acids is 2. The Balaban J connectivity index is 1.66. The van der Waals surface area contributed by atoms with E-state index in [1.807, 2.05) is 56.9 Å². The van der Waals surface area contributed by atoms with Crippen LogP contribution in [0.3, 0.4) is 0 Å². The van der Waals surface area contributed by atoms with E-state index < -0.39 is 5.41 Å². The molecule has 0 saturated carbocycles. The average molecular weight is 389 g/mol. The molecule has 0 aliphatic carbocycles. The second-order valence-corrected chi connectivity index (χ2v) is 9.47. The molecule has 1 N–H and O–H groups in total. The summed E-state index contributed by atoms with van der Waals surface area (Å²) in [5.41, 5.74) is 0.569. The fourth-order valence-corrected chi connectivity index (χ4v) is 4.14. The summed E-state index contributed by atoms with van der Waals surface area (Å²) < 4.78 is 0. The zero-order valence-electron chi connectivity index (χ0n) is 17.8. The molecule has 2 aliphatic rings. The minimum atomic E-state index is -0.493. The lowest BCUT2D eigenvalue weighted by molar-refractivity contribution is -0.144. The van der Waals surface area contributed by atoms with E-state index in [4.69, 9.17) is 4.98 Å². The van der Waals surface area contributed by atoms with Gasteiger partial charge in [-0.05, 0) is 13.1 Å². The number of hydrogen-bond donors (Lipinski definition) is 1. The highest BCUT2D eigenvalue weighted by Gasteiger charge is 2.55. The molecule has 8 nitrogen and oxygen atoms in total. The molecule has 2 amide bonds. The minimum Gasteiger partial charge on any atom is -0.347 e. The van der Waals surface area contributed by atoms with Gasteiger partial charge in [0.2, 0.25) is 17.8 Å². The van der Waals surface area contributed by atoms with Gasteiger partial charge in [0.25, 0.3) is 0 Å². The summed E-state index contributed by atoms with van der Waals surface area (Å²) in [4.78, 5) is 39.7. The lowest BCUT2D eigenvalue weighted by Gasteiger charge is -2.51. The first-order valence-electron chi connectivity index (χ1n) is 9.77. The molecule has 3 rings (SSSR count). The van der Waals surface area contributed by atoms with E-state index in [1.54, 1.807) is 0 Å². The topological polar surface area (TPSA) is 81.7 Å².